The van der Waals surface area contributed by atoms with Crippen molar-refractivity contribution in [2.75, 3.05) is 0 Å². The quantitative estimate of drug-likeness (QED) is 0.176. The average molecular weight is 733 g/mol. The van der Waals surface area contributed by atoms with Crippen molar-refractivity contribution in [3.8, 4) is 0 Å². The maximum absolute atomic E-state index is 14.0. The Balaban J connectivity index is 1.28. The van der Waals surface area contributed by atoms with Crippen LogP contribution in [0.25, 0.3) is 35.2 Å². The third-order valence-corrected chi connectivity index (χ3v) is 10.2. The maximum atomic E-state index is 14.0. The van der Waals surface area contributed by atoms with Crippen molar-refractivity contribution in [3.63, 3.8) is 0 Å². The Bertz CT molecular complexity index is 2520. The normalized spacial score (nSPS) is 16.8. The predicted molar refractivity (Wildman–Crippen MR) is 227 cm³/mol. The highest BCUT2D eigenvalue weighted by Crippen LogP contribution is 2.38. The van der Waals surface area contributed by atoms with Crippen LogP contribution >= 0.6 is 0 Å². The van der Waals surface area contributed by atoms with Gasteiger partial charge in [0, 0.05) is 36.3 Å². The van der Waals surface area contributed by atoms with E-state index in [-0.39, 0.29) is 16.3 Å². The predicted octanol–water partition coefficient (Wildman–Crippen LogP) is 8.37. The van der Waals surface area contributed by atoms with Crippen molar-refractivity contribution in [3.05, 3.63) is 246 Å². The standard InChI is InChI=1S/C50H40N2O4/c1-34-51(2)49(53)48(50(54)52(34)3)47-41(26-24-35-30-43(37-16-8-4-9-17-37)55-44(31-35)38-18-10-5-11-19-38)28-29-42(47)27-25-36-32-45(39-20-12-6-13-21-39)56-46(33-36)40-22-14-7-15-23-40/h4-27,30-33H,1,28-29H2,2-3H3/b41-26-,42-27+. The SMILES string of the molecule is C=c1n(C)c(=O)c(=C2/C(=C\C=C3C=C(c4ccccc4)OC(c4ccccc4)=C3)CC/C2=C\C=C2C=C(c3ccccc3)OC(c3ccccc3)=C2)c(=O)n1C. The highest BCUT2D eigenvalue weighted by atomic mass is 16.5. The van der Waals surface area contributed by atoms with Crippen LogP contribution in [0.15, 0.2) is 202 Å². The lowest BCUT2D eigenvalue weighted by atomic mass is 10.00. The molecule has 274 valence electrons. The molecule has 2 aliphatic heterocycles. The molecule has 3 heterocycles. The lowest BCUT2D eigenvalue weighted by Gasteiger charge is -2.19. The van der Waals surface area contributed by atoms with Gasteiger partial charge in [-0.05, 0) is 65.0 Å². The minimum absolute atomic E-state index is 0.134. The van der Waals surface area contributed by atoms with E-state index < -0.39 is 0 Å². The lowest BCUT2D eigenvalue weighted by Crippen LogP contribution is -2.57. The van der Waals surface area contributed by atoms with Gasteiger partial charge in [0.15, 0.2) is 0 Å². The Morgan fingerprint density at radius 2 is 0.786 bits per heavy atom. The number of hydrogen-bond acceptors (Lipinski definition) is 4. The largest absolute Gasteiger partial charge is 0.456 e. The number of nitrogens with zero attached hydrogens (tertiary/aromatic N) is 2. The molecular weight excluding hydrogens is 693 g/mol. The van der Waals surface area contributed by atoms with Crippen LogP contribution in [-0.4, -0.2) is 9.13 Å². The smallest absolute Gasteiger partial charge is 0.265 e. The third kappa shape index (κ3) is 7.33. The molecule has 0 N–H and O–H groups in total. The Kier molecular flexibility index (Phi) is 10.0. The molecule has 4 aromatic carbocycles. The van der Waals surface area contributed by atoms with E-state index in [0.29, 0.717) is 23.9 Å². The van der Waals surface area contributed by atoms with Crippen molar-refractivity contribution in [1.29, 1.82) is 0 Å². The minimum Gasteiger partial charge on any atom is -0.456 e. The molecule has 1 aliphatic carbocycles. The zero-order valence-electron chi connectivity index (χ0n) is 31.3. The number of ether oxygens (including phenoxy) is 2. The molecule has 3 aliphatic rings. The first-order valence-corrected chi connectivity index (χ1v) is 18.6. The molecule has 1 aromatic heterocycles. The zero-order valence-corrected chi connectivity index (χ0v) is 31.3. The molecule has 0 bridgehead atoms. The van der Waals surface area contributed by atoms with Crippen LogP contribution in [0.1, 0.15) is 35.1 Å². The number of aromatic nitrogens is 2. The molecule has 0 radical (unpaired) electrons. The third-order valence-electron chi connectivity index (χ3n) is 10.2. The molecule has 1 saturated carbocycles. The molecule has 5 aromatic rings. The Labute approximate surface area is 325 Å². The van der Waals surface area contributed by atoms with E-state index in [1.807, 2.05) is 170 Å². The van der Waals surface area contributed by atoms with Crippen LogP contribution in [0.5, 0.6) is 0 Å². The van der Waals surface area contributed by atoms with Gasteiger partial charge in [0.1, 0.15) is 33.7 Å². The van der Waals surface area contributed by atoms with Crippen LogP contribution in [0.3, 0.4) is 0 Å². The zero-order chi connectivity index (χ0) is 38.6. The van der Waals surface area contributed by atoms with Gasteiger partial charge >= 0.3 is 0 Å². The van der Waals surface area contributed by atoms with E-state index in [0.717, 1.165) is 67.6 Å². The second-order valence-electron chi connectivity index (χ2n) is 13.8. The summed E-state index contributed by atoms with van der Waals surface area (Å²) < 4.78 is 15.7. The summed E-state index contributed by atoms with van der Waals surface area (Å²) in [5.74, 6) is 2.93. The molecule has 0 spiro atoms. The van der Waals surface area contributed by atoms with Crippen LogP contribution in [0, 0.1) is 0 Å². The van der Waals surface area contributed by atoms with Crippen LogP contribution in [0.4, 0.5) is 0 Å². The van der Waals surface area contributed by atoms with Crippen LogP contribution in [-0.2, 0) is 23.6 Å². The number of rotatable bonds is 6. The second kappa shape index (κ2) is 15.7. The topological polar surface area (TPSA) is 62.5 Å². The second-order valence-corrected chi connectivity index (χ2v) is 13.8. The summed E-state index contributed by atoms with van der Waals surface area (Å²) >= 11 is 0. The van der Waals surface area contributed by atoms with Crippen molar-refractivity contribution >= 4 is 35.2 Å². The van der Waals surface area contributed by atoms with Gasteiger partial charge in [-0.15, -0.1) is 0 Å². The summed E-state index contributed by atoms with van der Waals surface area (Å²) in [6, 6.07) is 40.0. The summed E-state index contributed by atoms with van der Waals surface area (Å²) in [5.41, 5.74) is 7.72. The van der Waals surface area contributed by atoms with Gasteiger partial charge in [0.05, 0.1) is 0 Å². The highest BCUT2D eigenvalue weighted by molar-refractivity contribution is 5.83. The van der Waals surface area contributed by atoms with Gasteiger partial charge in [-0.1, -0.05) is 152 Å². The molecule has 56 heavy (non-hydrogen) atoms. The molecule has 0 unspecified atom stereocenters. The first-order valence-electron chi connectivity index (χ1n) is 18.6. The molecule has 0 saturated heterocycles. The van der Waals surface area contributed by atoms with Gasteiger partial charge in [-0.2, -0.15) is 0 Å². The van der Waals surface area contributed by atoms with Crippen LogP contribution < -0.4 is 21.8 Å². The summed E-state index contributed by atoms with van der Waals surface area (Å²) in [4.78, 5) is 28.0. The summed E-state index contributed by atoms with van der Waals surface area (Å²) in [7, 11) is 3.31. The average Bonchev–Trinajstić information content (AvgIpc) is 3.66. The molecule has 6 nitrogen and oxygen atoms in total. The minimum atomic E-state index is -0.376. The van der Waals surface area contributed by atoms with Crippen molar-refractivity contribution < 1.29 is 9.47 Å². The van der Waals surface area contributed by atoms with E-state index in [2.05, 4.69) is 6.58 Å². The van der Waals surface area contributed by atoms with Gasteiger partial charge < -0.3 is 9.47 Å². The molecule has 0 atom stereocenters. The molecule has 8 rings (SSSR count). The first-order chi connectivity index (χ1) is 27.3. The lowest BCUT2D eigenvalue weighted by molar-refractivity contribution is 0.466. The van der Waals surface area contributed by atoms with Crippen molar-refractivity contribution in [2.24, 2.45) is 14.1 Å². The van der Waals surface area contributed by atoms with Crippen molar-refractivity contribution in [2.45, 2.75) is 12.8 Å². The fraction of sp³-hybridized carbons (Fsp3) is 0.0800. The summed E-state index contributed by atoms with van der Waals surface area (Å²) in [6.45, 7) is 3.99. The van der Waals surface area contributed by atoms with Gasteiger partial charge in [0.2, 0.25) is 0 Å². The Morgan fingerprint density at radius 1 is 0.482 bits per heavy atom. The van der Waals surface area contributed by atoms with E-state index in [4.69, 9.17) is 9.47 Å². The van der Waals surface area contributed by atoms with E-state index >= 15 is 0 Å². The summed E-state index contributed by atoms with van der Waals surface area (Å²) in [5, 5.41) is 0.134. The fourth-order valence-electron chi connectivity index (χ4n) is 7.09. The Hall–Kier alpha value is -7.18. The summed E-state index contributed by atoms with van der Waals surface area (Å²) in [6.07, 6.45) is 17.5. The van der Waals surface area contributed by atoms with Crippen LogP contribution in [0.2, 0.25) is 0 Å². The molecular formula is C50H40N2O4. The number of benzene rings is 4. The molecule has 1 fully saturated rings. The highest BCUT2D eigenvalue weighted by Gasteiger charge is 2.24. The van der Waals surface area contributed by atoms with E-state index in [9.17, 15) is 9.59 Å². The fourth-order valence-corrected chi connectivity index (χ4v) is 7.09. The van der Waals surface area contributed by atoms with E-state index in [1.165, 1.54) is 9.13 Å². The van der Waals surface area contributed by atoms with Crippen molar-refractivity contribution in [1.82, 2.24) is 9.13 Å². The Morgan fingerprint density at radius 3 is 1.09 bits per heavy atom. The van der Waals surface area contributed by atoms with Gasteiger partial charge in [0.25, 0.3) is 11.1 Å². The van der Waals surface area contributed by atoms with E-state index in [1.54, 1.807) is 14.1 Å². The number of hydrogen-bond donors (Lipinski definition) is 0. The maximum Gasteiger partial charge on any atom is 0.265 e. The molecule has 6 heteroatoms. The first kappa shape index (κ1) is 35.8. The van der Waals surface area contributed by atoms with Gasteiger partial charge in [-0.25, -0.2) is 0 Å². The van der Waals surface area contributed by atoms with Gasteiger partial charge in [-0.3, -0.25) is 18.7 Å². The monoisotopic (exact) mass is 732 g/mol. The molecule has 0 amide bonds. The number of allylic oxidation sites excluding steroid dienone is 12.